The van der Waals surface area contributed by atoms with Crippen LogP contribution in [-0.4, -0.2) is 45.5 Å². The lowest BCUT2D eigenvalue weighted by Gasteiger charge is -2.50. The Morgan fingerprint density at radius 2 is 2.03 bits per heavy atom. The van der Waals surface area contributed by atoms with Crippen LogP contribution in [0.25, 0.3) is 10.8 Å². The number of aromatic nitrogens is 2. The number of rotatable bonds is 9. The van der Waals surface area contributed by atoms with Crippen molar-refractivity contribution in [1.29, 1.82) is 0 Å². The largest absolute Gasteiger partial charge is 0.339 e. The average molecular weight is 486 g/mol. The second kappa shape index (κ2) is 10.4. The van der Waals surface area contributed by atoms with E-state index in [0.717, 1.165) is 44.4 Å². The van der Waals surface area contributed by atoms with Crippen LogP contribution in [0.1, 0.15) is 77.3 Å². The molecule has 2 aliphatic rings. The van der Waals surface area contributed by atoms with E-state index in [-0.39, 0.29) is 5.54 Å². The van der Waals surface area contributed by atoms with Crippen molar-refractivity contribution in [3.8, 4) is 0 Å². The van der Waals surface area contributed by atoms with Crippen LogP contribution in [-0.2, 0) is 6.54 Å². The number of nitrogens with zero attached hydrogens (tertiary/aromatic N) is 4. The maximum absolute atomic E-state index is 4.98. The lowest BCUT2D eigenvalue weighted by Crippen LogP contribution is -2.50. The number of hydrogen-bond donors (Lipinski definition) is 1. The van der Waals surface area contributed by atoms with Crippen molar-refractivity contribution in [2.75, 3.05) is 25.0 Å². The molecular formula is C31H43N5. The first-order valence-electron chi connectivity index (χ1n) is 14.0. The minimum atomic E-state index is 0.266. The maximum atomic E-state index is 4.98. The van der Waals surface area contributed by atoms with Crippen LogP contribution in [0.4, 0.5) is 5.69 Å². The molecule has 3 unspecified atom stereocenters. The summed E-state index contributed by atoms with van der Waals surface area (Å²) in [6, 6.07) is 11.6. The van der Waals surface area contributed by atoms with Crippen molar-refractivity contribution in [1.82, 2.24) is 14.5 Å². The lowest BCUT2D eigenvalue weighted by molar-refractivity contribution is 0.0378. The Bertz CT molecular complexity index is 1210. The molecule has 0 spiro atoms. The van der Waals surface area contributed by atoms with E-state index in [0.29, 0.717) is 11.8 Å². The third-order valence-electron chi connectivity index (χ3n) is 8.96. The van der Waals surface area contributed by atoms with Crippen molar-refractivity contribution in [2.45, 2.75) is 78.3 Å². The van der Waals surface area contributed by atoms with Crippen LogP contribution in [0.15, 0.2) is 54.0 Å². The Hall–Kier alpha value is -2.66. The third kappa shape index (κ3) is 4.58. The van der Waals surface area contributed by atoms with Crippen molar-refractivity contribution in [3.63, 3.8) is 0 Å². The number of aryl methyl sites for hydroxylation is 1. The molecule has 2 aromatic carbocycles. The van der Waals surface area contributed by atoms with Gasteiger partial charge >= 0.3 is 0 Å². The van der Waals surface area contributed by atoms with Crippen LogP contribution in [0.5, 0.6) is 0 Å². The van der Waals surface area contributed by atoms with Gasteiger partial charge in [-0.05, 0) is 80.5 Å². The van der Waals surface area contributed by atoms with E-state index in [9.17, 15) is 0 Å². The van der Waals surface area contributed by atoms with E-state index in [1.165, 1.54) is 46.8 Å². The zero-order chi connectivity index (χ0) is 25.3. The van der Waals surface area contributed by atoms with Crippen LogP contribution < -0.4 is 5.32 Å². The fourth-order valence-electron chi connectivity index (χ4n) is 7.06. The summed E-state index contributed by atoms with van der Waals surface area (Å²) in [6.07, 6.45) is 10.6. The molecule has 0 amide bonds. The Morgan fingerprint density at radius 3 is 2.75 bits per heavy atom. The summed E-state index contributed by atoms with van der Waals surface area (Å²) in [4.78, 5) is 11.8. The molecule has 3 atom stereocenters. The highest BCUT2D eigenvalue weighted by molar-refractivity contribution is 6.26. The second-order valence-corrected chi connectivity index (χ2v) is 11.4. The highest BCUT2D eigenvalue weighted by Gasteiger charge is 2.42. The van der Waals surface area contributed by atoms with E-state index >= 15 is 0 Å². The molecule has 1 N–H and O–H groups in total. The van der Waals surface area contributed by atoms with Gasteiger partial charge < -0.3 is 9.88 Å². The Labute approximate surface area is 217 Å². The molecule has 1 fully saturated rings. The molecular weight excluding hydrogens is 442 g/mol. The fraction of sp³-hybridized carbons (Fsp3) is 0.548. The SMILES string of the molecule is CCN(CC)C1(C)CCC(C(C)C)C(c2ccc3c4c(cccc24)C(=NCCCn2ccnc2)N3)C1. The van der Waals surface area contributed by atoms with Crippen LogP contribution in [0.3, 0.4) is 0 Å². The molecule has 5 nitrogen and oxygen atoms in total. The van der Waals surface area contributed by atoms with Gasteiger partial charge in [0, 0.05) is 47.7 Å². The predicted molar refractivity (Wildman–Crippen MR) is 152 cm³/mol. The molecule has 0 radical (unpaired) electrons. The average Bonchev–Trinajstić information content (AvgIpc) is 3.52. The van der Waals surface area contributed by atoms with Crippen LogP contribution in [0, 0.1) is 11.8 Å². The van der Waals surface area contributed by atoms with E-state index in [4.69, 9.17) is 4.99 Å². The topological polar surface area (TPSA) is 45.5 Å². The van der Waals surface area contributed by atoms with Crippen LogP contribution in [0.2, 0.25) is 0 Å². The highest BCUT2D eigenvalue weighted by atomic mass is 15.2. The number of benzene rings is 2. The molecule has 2 heterocycles. The molecule has 1 aliphatic carbocycles. The second-order valence-electron chi connectivity index (χ2n) is 11.4. The number of hydrogen-bond acceptors (Lipinski definition) is 3. The Morgan fingerprint density at radius 1 is 1.19 bits per heavy atom. The van der Waals surface area contributed by atoms with E-state index in [1.807, 2.05) is 18.7 Å². The molecule has 192 valence electrons. The number of nitrogens with one attached hydrogen (secondary N) is 1. The fourth-order valence-corrected chi connectivity index (χ4v) is 7.06. The highest BCUT2D eigenvalue weighted by Crippen LogP contribution is 2.50. The monoisotopic (exact) mass is 485 g/mol. The maximum Gasteiger partial charge on any atom is 0.133 e. The number of imidazole rings is 1. The van der Waals surface area contributed by atoms with E-state index in [1.54, 1.807) is 0 Å². The number of anilines is 1. The zero-order valence-corrected chi connectivity index (χ0v) is 22.8. The summed E-state index contributed by atoms with van der Waals surface area (Å²) >= 11 is 0. The quantitative estimate of drug-likeness (QED) is 0.334. The molecule has 5 rings (SSSR count). The van der Waals surface area contributed by atoms with Gasteiger partial charge in [0.25, 0.3) is 0 Å². The van der Waals surface area contributed by atoms with Crippen molar-refractivity contribution >= 4 is 22.3 Å². The summed E-state index contributed by atoms with van der Waals surface area (Å²) in [5.41, 5.74) is 4.27. The minimum absolute atomic E-state index is 0.266. The first kappa shape index (κ1) is 25.0. The summed E-state index contributed by atoms with van der Waals surface area (Å²) in [7, 11) is 0. The normalized spacial score (nSPS) is 24.8. The minimum Gasteiger partial charge on any atom is -0.339 e. The van der Waals surface area contributed by atoms with Gasteiger partial charge in [0.05, 0.1) is 6.33 Å². The lowest BCUT2D eigenvalue weighted by atomic mass is 9.63. The van der Waals surface area contributed by atoms with Crippen molar-refractivity contribution in [3.05, 3.63) is 60.2 Å². The third-order valence-corrected chi connectivity index (χ3v) is 8.96. The molecule has 5 heteroatoms. The molecule has 0 saturated heterocycles. The predicted octanol–water partition coefficient (Wildman–Crippen LogP) is 6.94. The van der Waals surface area contributed by atoms with Gasteiger partial charge in [-0.2, -0.15) is 0 Å². The van der Waals surface area contributed by atoms with Gasteiger partial charge in [-0.15, -0.1) is 0 Å². The number of amidine groups is 1. The standard InChI is InChI=1S/C31H43N5/c1-6-36(7-2)31(5)15-14-23(22(3)4)27(20-31)24-12-13-28-29-25(24)10-8-11-26(29)30(34-28)33-16-9-18-35-19-17-32-21-35/h8,10-13,17,19,21-23,27H,6-7,9,14-16,18,20H2,1-5H3,(H,33,34). The Kier molecular flexibility index (Phi) is 7.21. The molecule has 3 aromatic rings. The van der Waals surface area contributed by atoms with Gasteiger partial charge in [0.15, 0.2) is 0 Å². The summed E-state index contributed by atoms with van der Waals surface area (Å²) in [5, 5.41) is 6.42. The molecule has 0 bridgehead atoms. The zero-order valence-electron chi connectivity index (χ0n) is 22.8. The first-order chi connectivity index (χ1) is 17.4. The van der Waals surface area contributed by atoms with Crippen LogP contribution >= 0.6 is 0 Å². The van der Waals surface area contributed by atoms with Gasteiger partial charge in [0.1, 0.15) is 5.84 Å². The van der Waals surface area contributed by atoms with Crippen molar-refractivity contribution < 1.29 is 0 Å². The van der Waals surface area contributed by atoms with E-state index < -0.39 is 0 Å². The summed E-state index contributed by atoms with van der Waals surface area (Å²) < 4.78 is 2.12. The molecule has 36 heavy (non-hydrogen) atoms. The van der Waals surface area contributed by atoms with Gasteiger partial charge in [-0.1, -0.05) is 52.0 Å². The van der Waals surface area contributed by atoms with Crippen molar-refractivity contribution in [2.24, 2.45) is 16.8 Å². The smallest absolute Gasteiger partial charge is 0.133 e. The Balaban J connectivity index is 1.46. The first-order valence-corrected chi connectivity index (χ1v) is 14.0. The van der Waals surface area contributed by atoms with E-state index in [2.05, 4.69) is 84.7 Å². The molecule has 1 aliphatic heterocycles. The molecule has 1 saturated carbocycles. The van der Waals surface area contributed by atoms with Gasteiger partial charge in [-0.3, -0.25) is 9.89 Å². The van der Waals surface area contributed by atoms with Gasteiger partial charge in [0.2, 0.25) is 0 Å². The summed E-state index contributed by atoms with van der Waals surface area (Å²) in [6.45, 7) is 16.0. The molecule has 1 aromatic heterocycles. The van der Waals surface area contributed by atoms with Gasteiger partial charge in [-0.25, -0.2) is 4.98 Å². The number of aliphatic imine (C=N–C) groups is 1. The summed E-state index contributed by atoms with van der Waals surface area (Å²) in [5.74, 6) is 3.00.